The molecule has 1 unspecified atom stereocenters. The zero-order valence-corrected chi connectivity index (χ0v) is 22.7. The van der Waals surface area contributed by atoms with Crippen LogP contribution in [0.2, 0.25) is 0 Å². The Balaban J connectivity index is 1.24. The molecule has 2 aromatic carbocycles. The average molecular weight is 585 g/mol. The van der Waals surface area contributed by atoms with Crippen LogP contribution in [0, 0.1) is 5.41 Å². The van der Waals surface area contributed by atoms with Gasteiger partial charge in [0, 0.05) is 25.3 Å². The third-order valence-corrected chi connectivity index (χ3v) is 7.38. The summed E-state index contributed by atoms with van der Waals surface area (Å²) in [5.41, 5.74) is 0.259. The Morgan fingerprint density at radius 3 is 2.74 bits per heavy atom. The van der Waals surface area contributed by atoms with E-state index in [4.69, 9.17) is 4.74 Å². The number of hydrogen-bond acceptors (Lipinski definition) is 6. The zero-order chi connectivity index (χ0) is 29.7. The average Bonchev–Trinajstić information content (AvgIpc) is 3.39. The fourth-order valence-corrected chi connectivity index (χ4v) is 5.36. The zero-order valence-electron chi connectivity index (χ0n) is 22.7. The monoisotopic (exact) mass is 584 g/mol. The Kier molecular flexibility index (Phi) is 8.48. The molecule has 1 aromatic heterocycles. The van der Waals surface area contributed by atoms with Gasteiger partial charge in [0.15, 0.2) is 0 Å². The van der Waals surface area contributed by atoms with E-state index in [2.05, 4.69) is 25.9 Å². The van der Waals surface area contributed by atoms with Crippen LogP contribution >= 0.6 is 0 Å². The summed E-state index contributed by atoms with van der Waals surface area (Å²) >= 11 is 0. The molecule has 0 saturated carbocycles. The van der Waals surface area contributed by atoms with Gasteiger partial charge in [-0.2, -0.15) is 13.2 Å². The minimum absolute atomic E-state index is 0.00348. The van der Waals surface area contributed by atoms with Gasteiger partial charge >= 0.3 is 6.18 Å². The molecular formula is C29H31F3N6O4. The van der Waals surface area contributed by atoms with Crippen LogP contribution in [0.3, 0.4) is 0 Å². The number of hydrogen-bond donors (Lipinski definition) is 4. The topological polar surface area (TPSA) is 128 Å². The molecule has 2 aliphatic heterocycles. The number of anilines is 1. The van der Waals surface area contributed by atoms with Crippen molar-refractivity contribution in [3.63, 3.8) is 0 Å². The smallest absolute Gasteiger partial charge is 0.449 e. The Morgan fingerprint density at radius 2 is 1.90 bits per heavy atom. The lowest BCUT2D eigenvalue weighted by Crippen LogP contribution is -2.53. The maximum atomic E-state index is 13.5. The highest BCUT2D eigenvalue weighted by Gasteiger charge is 2.41. The number of likely N-dealkylation sites (tertiary alicyclic amines) is 1. The summed E-state index contributed by atoms with van der Waals surface area (Å²) in [5.74, 6) is -1.44. The van der Waals surface area contributed by atoms with E-state index in [9.17, 15) is 27.6 Å². The molecule has 3 amide bonds. The van der Waals surface area contributed by atoms with E-state index in [1.54, 1.807) is 24.3 Å². The number of piperidine rings is 1. The number of H-pyrrole nitrogens is 1. The minimum atomic E-state index is -4.60. The van der Waals surface area contributed by atoms with Crippen LogP contribution < -0.4 is 20.7 Å². The lowest BCUT2D eigenvalue weighted by Gasteiger charge is -2.41. The summed E-state index contributed by atoms with van der Waals surface area (Å²) in [7, 11) is 0. The van der Waals surface area contributed by atoms with Crippen molar-refractivity contribution in [3.05, 3.63) is 66.0 Å². The number of benzene rings is 2. The fourth-order valence-electron chi connectivity index (χ4n) is 5.36. The maximum absolute atomic E-state index is 13.5. The van der Waals surface area contributed by atoms with Crippen molar-refractivity contribution in [2.45, 2.75) is 25.4 Å². The van der Waals surface area contributed by atoms with Crippen LogP contribution in [-0.4, -0.2) is 71.9 Å². The van der Waals surface area contributed by atoms with Crippen LogP contribution in [0.15, 0.2) is 54.6 Å². The molecule has 13 heteroatoms. The van der Waals surface area contributed by atoms with Crippen LogP contribution in [0.4, 0.5) is 18.9 Å². The Morgan fingerprint density at radius 1 is 1.10 bits per heavy atom. The number of nitrogens with zero attached hydrogens (tertiary/aromatic N) is 2. The van der Waals surface area contributed by atoms with E-state index in [1.807, 2.05) is 17.1 Å². The summed E-state index contributed by atoms with van der Waals surface area (Å²) in [4.78, 5) is 46.7. The second-order valence-corrected chi connectivity index (χ2v) is 10.5. The summed E-state index contributed by atoms with van der Waals surface area (Å²) in [6, 6.07) is 11.3. The maximum Gasteiger partial charge on any atom is 0.449 e. The second-order valence-electron chi connectivity index (χ2n) is 10.5. The molecular weight excluding hydrogens is 553 g/mol. The van der Waals surface area contributed by atoms with Crippen LogP contribution in [0.1, 0.15) is 35.4 Å². The number of nitrogens with one attached hydrogen (secondary N) is 4. The summed E-state index contributed by atoms with van der Waals surface area (Å²) in [6.07, 6.45) is 0.854. The van der Waals surface area contributed by atoms with Crippen molar-refractivity contribution in [1.82, 2.24) is 25.5 Å². The molecule has 1 fully saturated rings. The fraction of sp³-hybridized carbons (Fsp3) is 0.379. The van der Waals surface area contributed by atoms with Crippen LogP contribution in [0.25, 0.3) is 11.0 Å². The van der Waals surface area contributed by atoms with E-state index in [-0.39, 0.29) is 55.0 Å². The van der Waals surface area contributed by atoms with Gasteiger partial charge in [-0.25, -0.2) is 4.98 Å². The first kappa shape index (κ1) is 29.1. The van der Waals surface area contributed by atoms with E-state index in [0.717, 1.165) is 0 Å². The number of para-hydroxylation sites is 1. The number of alkyl halides is 3. The Bertz CT molecular complexity index is 1500. The number of carbonyl (C=O) groups is 3. The largest absolute Gasteiger partial charge is 0.489 e. The molecule has 222 valence electrons. The van der Waals surface area contributed by atoms with Gasteiger partial charge in [-0.3, -0.25) is 19.3 Å². The van der Waals surface area contributed by atoms with Crippen molar-refractivity contribution >= 4 is 34.4 Å². The molecule has 42 heavy (non-hydrogen) atoms. The molecule has 0 bridgehead atoms. The molecule has 5 rings (SSSR count). The van der Waals surface area contributed by atoms with Gasteiger partial charge in [0.25, 0.3) is 5.91 Å². The number of allylic oxidation sites excluding steroid dienone is 1. The molecule has 2 aliphatic rings. The highest BCUT2D eigenvalue weighted by molar-refractivity contribution is 5.97. The molecule has 1 atom stereocenters. The number of ether oxygens (including phenoxy) is 1. The number of carbonyl (C=O) groups excluding carboxylic acids is 3. The number of amides is 3. The van der Waals surface area contributed by atoms with Crippen LogP contribution in [-0.2, 0) is 15.8 Å². The molecule has 1 saturated heterocycles. The Hall–Kier alpha value is -4.39. The van der Waals surface area contributed by atoms with Gasteiger partial charge in [0.1, 0.15) is 12.4 Å². The van der Waals surface area contributed by atoms with Crippen molar-refractivity contribution in [1.29, 1.82) is 0 Å². The van der Waals surface area contributed by atoms with Crippen molar-refractivity contribution in [2.75, 3.05) is 44.6 Å². The number of aromatic amines is 1. The van der Waals surface area contributed by atoms with Crippen molar-refractivity contribution < 1.29 is 32.3 Å². The van der Waals surface area contributed by atoms with E-state index >= 15 is 0 Å². The molecule has 0 radical (unpaired) electrons. The molecule has 4 N–H and O–H groups in total. The molecule has 0 aliphatic carbocycles. The van der Waals surface area contributed by atoms with E-state index in [0.29, 0.717) is 49.4 Å². The highest BCUT2D eigenvalue weighted by atomic mass is 19.4. The highest BCUT2D eigenvalue weighted by Crippen LogP contribution is 2.35. The summed E-state index contributed by atoms with van der Waals surface area (Å²) in [5, 5.41) is 8.49. The number of halogens is 3. The van der Waals surface area contributed by atoms with E-state index in [1.165, 1.54) is 18.2 Å². The molecule has 1 spiro atoms. The summed E-state index contributed by atoms with van der Waals surface area (Å²) in [6.45, 7) is 1.65. The third kappa shape index (κ3) is 6.73. The molecule has 3 heterocycles. The molecule has 10 nitrogen and oxygen atoms in total. The van der Waals surface area contributed by atoms with Gasteiger partial charge in [0.05, 0.1) is 28.6 Å². The first-order valence-corrected chi connectivity index (χ1v) is 13.7. The van der Waals surface area contributed by atoms with E-state index < -0.39 is 17.4 Å². The lowest BCUT2D eigenvalue weighted by molar-refractivity contribution is -0.144. The quantitative estimate of drug-likeness (QED) is 0.349. The predicted octanol–water partition coefficient (Wildman–Crippen LogP) is 3.49. The van der Waals surface area contributed by atoms with Gasteiger partial charge in [-0.1, -0.05) is 24.3 Å². The standard InChI is InChI=1S/C29H31F3N6O4/c30-29(31,32)26-36-21-9-8-19(16-22(21)37-26)35-24(39)17-38-14-5-11-28(18-38)10-3-4-15-42-23-7-2-1-6-20(23)25(40)33-12-13-34-27(28)41/h1-4,6-9,16H,5,10-15,17-18H2,(H,33,40)(H,34,41)(H,35,39)(H,36,37)/b4-3-. The number of aromatic nitrogens is 2. The lowest BCUT2D eigenvalue weighted by atomic mass is 9.76. The van der Waals surface area contributed by atoms with Crippen molar-refractivity contribution in [2.24, 2.45) is 5.41 Å². The van der Waals surface area contributed by atoms with Crippen LogP contribution in [0.5, 0.6) is 5.75 Å². The SMILES string of the molecule is O=C(CN1CCCC2(C/C=C\COc3ccccc3C(=O)NCCNC2=O)C1)Nc1ccc2nc(C(F)(F)F)[nH]c2c1. The van der Waals surface area contributed by atoms with Crippen molar-refractivity contribution in [3.8, 4) is 5.75 Å². The first-order valence-electron chi connectivity index (χ1n) is 13.7. The predicted molar refractivity (Wildman–Crippen MR) is 149 cm³/mol. The van der Waals surface area contributed by atoms with Gasteiger partial charge < -0.3 is 25.7 Å². The van der Waals surface area contributed by atoms with Gasteiger partial charge in [0.2, 0.25) is 17.6 Å². The Labute approximate surface area is 239 Å². The first-order chi connectivity index (χ1) is 20.1. The normalized spacial score (nSPS) is 21.5. The second kappa shape index (κ2) is 12.2. The number of fused-ring (bicyclic) bond motifs is 2. The van der Waals surface area contributed by atoms with Gasteiger partial charge in [-0.15, -0.1) is 0 Å². The summed E-state index contributed by atoms with van der Waals surface area (Å²) < 4.78 is 44.8. The number of imidazole rings is 1. The third-order valence-electron chi connectivity index (χ3n) is 7.38. The molecule has 3 aromatic rings. The van der Waals surface area contributed by atoms with Gasteiger partial charge in [-0.05, 0) is 56.1 Å². The number of rotatable bonds is 3. The minimum Gasteiger partial charge on any atom is -0.489 e.